The van der Waals surface area contributed by atoms with E-state index in [0.29, 0.717) is 42.7 Å². The standard InChI is InChI=1S/C19H22ClN5O2/c20-15-4-2-14(3-5-15)18(27)24-10-8-23(9-11-24)16-12-25(13-17(16)26)19-21-6-1-7-22-19/h1-7,16-17,26H,8-13H2/t16-,17-/m1/s1. The minimum Gasteiger partial charge on any atom is -0.390 e. The zero-order chi connectivity index (χ0) is 18.8. The molecule has 2 aliphatic rings. The predicted molar refractivity (Wildman–Crippen MR) is 103 cm³/mol. The molecule has 1 N–H and O–H groups in total. The van der Waals surface area contributed by atoms with Crippen molar-refractivity contribution in [3.8, 4) is 0 Å². The molecule has 2 saturated heterocycles. The number of benzene rings is 1. The van der Waals surface area contributed by atoms with E-state index in [1.807, 2.05) is 9.80 Å². The van der Waals surface area contributed by atoms with Crippen LogP contribution in [0, 0.1) is 0 Å². The summed E-state index contributed by atoms with van der Waals surface area (Å²) in [5.74, 6) is 0.674. The number of aromatic nitrogens is 2. The Labute approximate surface area is 163 Å². The average molecular weight is 388 g/mol. The quantitative estimate of drug-likeness (QED) is 0.851. The van der Waals surface area contributed by atoms with Gasteiger partial charge in [-0.2, -0.15) is 0 Å². The van der Waals surface area contributed by atoms with Crippen LogP contribution in [-0.2, 0) is 0 Å². The molecule has 142 valence electrons. The van der Waals surface area contributed by atoms with Crippen LogP contribution < -0.4 is 4.90 Å². The first-order valence-electron chi connectivity index (χ1n) is 9.11. The molecule has 0 saturated carbocycles. The van der Waals surface area contributed by atoms with Gasteiger partial charge in [0.25, 0.3) is 5.91 Å². The SMILES string of the molecule is O=C(c1ccc(Cl)cc1)N1CCN([C@@H]2CN(c3ncccn3)C[C@H]2O)CC1. The molecule has 0 radical (unpaired) electrons. The lowest BCUT2D eigenvalue weighted by Gasteiger charge is -2.38. The zero-order valence-corrected chi connectivity index (χ0v) is 15.7. The second-order valence-electron chi connectivity index (χ2n) is 6.92. The highest BCUT2D eigenvalue weighted by molar-refractivity contribution is 6.30. The fourth-order valence-corrected chi connectivity index (χ4v) is 3.90. The third-order valence-corrected chi connectivity index (χ3v) is 5.51. The number of nitrogens with zero attached hydrogens (tertiary/aromatic N) is 5. The molecule has 1 aromatic carbocycles. The summed E-state index contributed by atoms with van der Waals surface area (Å²) >= 11 is 5.90. The van der Waals surface area contributed by atoms with Crippen LogP contribution in [-0.4, -0.2) is 82.2 Å². The van der Waals surface area contributed by atoms with Crippen molar-refractivity contribution in [1.29, 1.82) is 0 Å². The van der Waals surface area contributed by atoms with Crippen molar-refractivity contribution < 1.29 is 9.90 Å². The Bertz CT molecular complexity index is 780. The van der Waals surface area contributed by atoms with Crippen molar-refractivity contribution in [2.45, 2.75) is 12.1 Å². The minimum atomic E-state index is -0.452. The molecule has 27 heavy (non-hydrogen) atoms. The van der Waals surface area contributed by atoms with Gasteiger partial charge in [0.05, 0.1) is 12.1 Å². The molecular formula is C19H22ClN5O2. The number of anilines is 1. The Kier molecular flexibility index (Phi) is 5.24. The molecule has 0 bridgehead atoms. The maximum Gasteiger partial charge on any atom is 0.253 e. The lowest BCUT2D eigenvalue weighted by molar-refractivity contribution is 0.0376. The summed E-state index contributed by atoms with van der Waals surface area (Å²) < 4.78 is 0. The van der Waals surface area contributed by atoms with Gasteiger partial charge in [0.2, 0.25) is 5.95 Å². The number of hydrogen-bond donors (Lipinski definition) is 1. The maximum absolute atomic E-state index is 12.6. The molecule has 4 rings (SSSR count). The summed E-state index contributed by atoms with van der Waals surface area (Å²) in [6, 6.07) is 8.80. The number of β-amino-alcohol motifs (C(OH)–C–C–N with tert-alkyl or cyclic N) is 1. The van der Waals surface area contributed by atoms with E-state index < -0.39 is 6.10 Å². The fourth-order valence-electron chi connectivity index (χ4n) is 3.78. The molecular weight excluding hydrogens is 366 g/mol. The van der Waals surface area contributed by atoms with Crippen LogP contribution in [0.3, 0.4) is 0 Å². The predicted octanol–water partition coefficient (Wildman–Crippen LogP) is 1.14. The smallest absolute Gasteiger partial charge is 0.253 e. The Morgan fingerprint density at radius 3 is 2.37 bits per heavy atom. The summed E-state index contributed by atoms with van der Waals surface area (Å²) in [7, 11) is 0. The first-order chi connectivity index (χ1) is 13.1. The zero-order valence-electron chi connectivity index (χ0n) is 14.9. The first kappa shape index (κ1) is 18.2. The van der Waals surface area contributed by atoms with Gasteiger partial charge in [-0.15, -0.1) is 0 Å². The summed E-state index contributed by atoms with van der Waals surface area (Å²) in [6.45, 7) is 3.99. The number of piperazine rings is 1. The minimum absolute atomic E-state index is 0.0256. The van der Waals surface area contributed by atoms with Gasteiger partial charge in [-0.3, -0.25) is 9.69 Å². The van der Waals surface area contributed by atoms with Crippen molar-refractivity contribution in [3.63, 3.8) is 0 Å². The number of carbonyl (C=O) groups excluding carboxylic acids is 1. The van der Waals surface area contributed by atoms with Gasteiger partial charge in [-0.1, -0.05) is 11.6 Å². The van der Waals surface area contributed by atoms with Crippen LogP contribution >= 0.6 is 11.6 Å². The van der Waals surface area contributed by atoms with Gasteiger partial charge in [0, 0.05) is 62.2 Å². The van der Waals surface area contributed by atoms with Crippen LogP contribution in [0.25, 0.3) is 0 Å². The molecule has 2 aliphatic heterocycles. The highest BCUT2D eigenvalue weighted by Crippen LogP contribution is 2.22. The average Bonchev–Trinajstić information content (AvgIpc) is 3.10. The first-order valence-corrected chi connectivity index (χ1v) is 9.48. The Morgan fingerprint density at radius 1 is 1.04 bits per heavy atom. The summed E-state index contributed by atoms with van der Waals surface area (Å²) in [6.07, 6.45) is 2.97. The van der Waals surface area contributed by atoms with Gasteiger partial charge in [-0.05, 0) is 30.3 Å². The van der Waals surface area contributed by atoms with Gasteiger partial charge >= 0.3 is 0 Å². The van der Waals surface area contributed by atoms with E-state index in [0.717, 1.165) is 13.1 Å². The van der Waals surface area contributed by atoms with E-state index in [1.165, 1.54) is 0 Å². The third-order valence-electron chi connectivity index (χ3n) is 5.26. The van der Waals surface area contributed by atoms with E-state index in [1.54, 1.807) is 42.7 Å². The second kappa shape index (κ2) is 7.80. The molecule has 2 atom stereocenters. The Balaban J connectivity index is 1.35. The fraction of sp³-hybridized carbons (Fsp3) is 0.421. The summed E-state index contributed by atoms with van der Waals surface area (Å²) in [4.78, 5) is 27.3. The van der Waals surface area contributed by atoms with Gasteiger partial charge in [0.1, 0.15) is 0 Å². The molecule has 1 aromatic heterocycles. The Hall–Kier alpha value is -2.22. The number of aliphatic hydroxyl groups is 1. The van der Waals surface area contributed by atoms with E-state index in [4.69, 9.17) is 11.6 Å². The largest absolute Gasteiger partial charge is 0.390 e. The second-order valence-corrected chi connectivity index (χ2v) is 7.36. The highest BCUT2D eigenvalue weighted by Gasteiger charge is 2.38. The summed E-state index contributed by atoms with van der Waals surface area (Å²) in [5, 5.41) is 11.1. The number of hydrogen-bond acceptors (Lipinski definition) is 6. The molecule has 8 heteroatoms. The molecule has 3 heterocycles. The van der Waals surface area contributed by atoms with Crippen molar-refractivity contribution in [2.24, 2.45) is 0 Å². The number of aliphatic hydroxyl groups excluding tert-OH is 1. The van der Waals surface area contributed by atoms with Crippen LogP contribution in [0.4, 0.5) is 5.95 Å². The van der Waals surface area contributed by atoms with Crippen LogP contribution in [0.5, 0.6) is 0 Å². The molecule has 0 unspecified atom stereocenters. The molecule has 2 aromatic rings. The number of carbonyl (C=O) groups is 1. The van der Waals surface area contributed by atoms with Crippen LogP contribution in [0.1, 0.15) is 10.4 Å². The Morgan fingerprint density at radius 2 is 1.70 bits per heavy atom. The molecule has 7 nitrogen and oxygen atoms in total. The molecule has 1 amide bonds. The summed E-state index contributed by atoms with van der Waals surface area (Å²) in [5.41, 5.74) is 0.654. The molecule has 0 aliphatic carbocycles. The van der Waals surface area contributed by atoms with Crippen molar-refractivity contribution in [2.75, 3.05) is 44.2 Å². The van der Waals surface area contributed by atoms with E-state index in [9.17, 15) is 9.90 Å². The third kappa shape index (κ3) is 3.90. The van der Waals surface area contributed by atoms with E-state index >= 15 is 0 Å². The van der Waals surface area contributed by atoms with Gasteiger partial charge in [0.15, 0.2) is 0 Å². The molecule has 0 spiro atoms. The number of amides is 1. The topological polar surface area (TPSA) is 72.8 Å². The van der Waals surface area contributed by atoms with Crippen molar-refractivity contribution >= 4 is 23.5 Å². The monoisotopic (exact) mass is 387 g/mol. The van der Waals surface area contributed by atoms with Gasteiger partial charge in [-0.25, -0.2) is 9.97 Å². The highest BCUT2D eigenvalue weighted by atomic mass is 35.5. The van der Waals surface area contributed by atoms with E-state index in [-0.39, 0.29) is 11.9 Å². The normalized spacial score (nSPS) is 23.6. The number of halogens is 1. The van der Waals surface area contributed by atoms with E-state index in [2.05, 4.69) is 14.9 Å². The van der Waals surface area contributed by atoms with Crippen molar-refractivity contribution in [1.82, 2.24) is 19.8 Å². The van der Waals surface area contributed by atoms with Crippen molar-refractivity contribution in [3.05, 3.63) is 53.3 Å². The number of rotatable bonds is 3. The van der Waals surface area contributed by atoms with Crippen LogP contribution in [0.2, 0.25) is 5.02 Å². The lowest BCUT2D eigenvalue weighted by atomic mass is 10.1. The molecule has 2 fully saturated rings. The van der Waals surface area contributed by atoms with Crippen LogP contribution in [0.15, 0.2) is 42.7 Å². The lowest BCUT2D eigenvalue weighted by Crippen LogP contribution is -2.54. The maximum atomic E-state index is 12.6. The van der Waals surface area contributed by atoms with Gasteiger partial charge < -0.3 is 14.9 Å².